The largest absolute Gasteiger partial charge is 0.375 e. The van der Waals surface area contributed by atoms with Gasteiger partial charge in [0.25, 0.3) is 0 Å². The summed E-state index contributed by atoms with van der Waals surface area (Å²) in [5.41, 5.74) is 3.95. The van der Waals surface area contributed by atoms with Crippen LogP contribution in [0.1, 0.15) is 18.4 Å². The van der Waals surface area contributed by atoms with E-state index in [0.29, 0.717) is 0 Å². The van der Waals surface area contributed by atoms with Crippen molar-refractivity contribution in [3.8, 4) is 0 Å². The zero-order valence-corrected chi connectivity index (χ0v) is 10.1. The molecule has 2 nitrogen and oxygen atoms in total. The fraction of sp³-hybridized carbons (Fsp3) is 0.385. The van der Waals surface area contributed by atoms with Crippen molar-refractivity contribution in [2.24, 2.45) is 0 Å². The Hall–Kier alpha value is -1.09. The van der Waals surface area contributed by atoms with Crippen LogP contribution in [0, 0.1) is 0 Å². The number of hydrogen-bond donors (Lipinski definition) is 1. The molecule has 2 aliphatic heterocycles. The number of nitrogens with one attached hydrogen (secondary N) is 1. The van der Waals surface area contributed by atoms with Crippen molar-refractivity contribution in [3.05, 3.63) is 35.2 Å². The van der Waals surface area contributed by atoms with Crippen molar-refractivity contribution < 1.29 is 0 Å². The van der Waals surface area contributed by atoms with Crippen LogP contribution in [0.3, 0.4) is 0 Å². The highest BCUT2D eigenvalue weighted by atomic mass is 32.2. The van der Waals surface area contributed by atoms with Crippen LogP contribution in [-0.4, -0.2) is 19.0 Å². The Bertz CT molecular complexity index is 408. The number of thioether (sulfide) groups is 1. The van der Waals surface area contributed by atoms with Gasteiger partial charge in [-0.3, -0.25) is 0 Å². The maximum atomic E-state index is 3.40. The zero-order chi connectivity index (χ0) is 10.8. The van der Waals surface area contributed by atoms with Crippen LogP contribution >= 0.6 is 11.8 Å². The van der Waals surface area contributed by atoms with Gasteiger partial charge in [-0.25, -0.2) is 0 Å². The molecule has 16 heavy (non-hydrogen) atoms. The van der Waals surface area contributed by atoms with Crippen molar-refractivity contribution in [2.75, 3.05) is 23.9 Å². The molecule has 0 aromatic heterocycles. The SMILES string of the molecule is C1=C(c2cccc(N3CCCC3)c2)NCS1. The van der Waals surface area contributed by atoms with Gasteiger partial charge >= 0.3 is 0 Å². The van der Waals surface area contributed by atoms with Gasteiger partial charge in [-0.05, 0) is 30.4 Å². The molecule has 1 fully saturated rings. The number of benzene rings is 1. The molecule has 2 heterocycles. The van der Waals surface area contributed by atoms with Crippen LogP contribution in [-0.2, 0) is 0 Å². The summed E-state index contributed by atoms with van der Waals surface area (Å²) in [7, 11) is 0. The average Bonchev–Trinajstić information content (AvgIpc) is 3.03. The molecule has 0 atom stereocenters. The Kier molecular flexibility index (Phi) is 2.79. The molecule has 0 aliphatic carbocycles. The highest BCUT2D eigenvalue weighted by Gasteiger charge is 2.13. The first-order valence-electron chi connectivity index (χ1n) is 5.84. The normalized spacial score (nSPS) is 19.8. The number of anilines is 1. The first-order valence-corrected chi connectivity index (χ1v) is 6.89. The van der Waals surface area contributed by atoms with Crippen molar-refractivity contribution in [1.82, 2.24) is 5.32 Å². The quantitative estimate of drug-likeness (QED) is 0.844. The molecule has 1 aromatic carbocycles. The third-order valence-electron chi connectivity index (χ3n) is 3.18. The first kappa shape index (κ1) is 10.1. The summed E-state index contributed by atoms with van der Waals surface area (Å²) in [6.45, 7) is 2.43. The van der Waals surface area contributed by atoms with Crippen LogP contribution < -0.4 is 10.2 Å². The lowest BCUT2D eigenvalue weighted by atomic mass is 10.1. The van der Waals surface area contributed by atoms with Gasteiger partial charge in [0.1, 0.15) is 0 Å². The van der Waals surface area contributed by atoms with Gasteiger partial charge in [-0.2, -0.15) is 0 Å². The Morgan fingerprint density at radius 3 is 2.81 bits per heavy atom. The van der Waals surface area contributed by atoms with Crippen molar-refractivity contribution >= 4 is 23.1 Å². The number of nitrogens with zero attached hydrogens (tertiary/aromatic N) is 1. The van der Waals surface area contributed by atoms with Gasteiger partial charge in [0.05, 0.1) is 5.88 Å². The molecule has 0 saturated carbocycles. The molecule has 0 spiro atoms. The molecular formula is C13H16N2S. The lowest BCUT2D eigenvalue weighted by Gasteiger charge is -2.18. The topological polar surface area (TPSA) is 15.3 Å². The lowest BCUT2D eigenvalue weighted by molar-refractivity contribution is 0.949. The van der Waals surface area contributed by atoms with E-state index in [2.05, 4.69) is 39.9 Å². The molecule has 0 amide bonds. The molecule has 1 aromatic rings. The summed E-state index contributed by atoms with van der Waals surface area (Å²) < 4.78 is 0. The molecule has 1 saturated heterocycles. The van der Waals surface area contributed by atoms with Crippen LogP contribution in [0.4, 0.5) is 5.69 Å². The van der Waals surface area contributed by atoms with Gasteiger partial charge in [-0.1, -0.05) is 12.1 Å². The maximum Gasteiger partial charge on any atom is 0.0652 e. The molecule has 0 radical (unpaired) electrons. The summed E-state index contributed by atoms with van der Waals surface area (Å²) in [5, 5.41) is 5.61. The van der Waals surface area contributed by atoms with Crippen LogP contribution in [0.25, 0.3) is 5.70 Å². The molecule has 1 N–H and O–H groups in total. The first-order chi connectivity index (χ1) is 7.93. The second-order valence-electron chi connectivity index (χ2n) is 4.26. The molecule has 2 aliphatic rings. The molecule has 3 heteroatoms. The Morgan fingerprint density at radius 1 is 1.19 bits per heavy atom. The van der Waals surface area contributed by atoms with Crippen molar-refractivity contribution in [1.29, 1.82) is 0 Å². The third-order valence-corrected chi connectivity index (χ3v) is 3.89. The average molecular weight is 232 g/mol. The third kappa shape index (κ3) is 1.92. The van der Waals surface area contributed by atoms with Gasteiger partial charge in [0.15, 0.2) is 0 Å². The fourth-order valence-electron chi connectivity index (χ4n) is 2.30. The Labute approximate surface area is 101 Å². The predicted molar refractivity (Wildman–Crippen MR) is 71.5 cm³/mol. The van der Waals surface area contributed by atoms with Crippen molar-refractivity contribution in [2.45, 2.75) is 12.8 Å². The maximum absolute atomic E-state index is 3.40. The van der Waals surface area contributed by atoms with Gasteiger partial charge in [0.2, 0.25) is 0 Å². The minimum atomic E-state index is 1.00. The Morgan fingerprint density at radius 2 is 2.06 bits per heavy atom. The van der Waals surface area contributed by atoms with Crippen molar-refractivity contribution in [3.63, 3.8) is 0 Å². The molecular weight excluding hydrogens is 216 g/mol. The molecule has 84 valence electrons. The van der Waals surface area contributed by atoms with E-state index in [0.717, 1.165) is 5.88 Å². The van der Waals surface area contributed by atoms with E-state index >= 15 is 0 Å². The Balaban J connectivity index is 1.87. The van der Waals surface area contributed by atoms with Gasteiger partial charge < -0.3 is 10.2 Å². The van der Waals surface area contributed by atoms with E-state index in [-0.39, 0.29) is 0 Å². The lowest BCUT2D eigenvalue weighted by Crippen LogP contribution is -2.17. The summed E-state index contributed by atoms with van der Waals surface area (Å²) in [6, 6.07) is 8.87. The van der Waals surface area contributed by atoms with E-state index in [9.17, 15) is 0 Å². The van der Waals surface area contributed by atoms with E-state index in [4.69, 9.17) is 0 Å². The van der Waals surface area contributed by atoms with E-state index in [1.54, 1.807) is 0 Å². The monoisotopic (exact) mass is 232 g/mol. The molecule has 0 unspecified atom stereocenters. The second kappa shape index (κ2) is 4.42. The zero-order valence-electron chi connectivity index (χ0n) is 9.28. The number of hydrogen-bond acceptors (Lipinski definition) is 3. The van der Waals surface area contributed by atoms with Gasteiger partial charge in [0, 0.05) is 30.0 Å². The summed E-state index contributed by atoms with van der Waals surface area (Å²) >= 11 is 1.83. The summed E-state index contributed by atoms with van der Waals surface area (Å²) in [4.78, 5) is 2.48. The highest BCUT2D eigenvalue weighted by Crippen LogP contribution is 2.26. The van der Waals surface area contributed by atoms with E-state index < -0.39 is 0 Å². The standard InChI is InChI=1S/C13H16N2S/c1-2-7-15(6-1)12-5-3-4-11(8-12)13-9-16-10-14-13/h3-5,8-9,14H,1-2,6-7,10H2. The molecule has 3 rings (SSSR count). The predicted octanol–water partition coefficient (Wildman–Crippen LogP) is 2.88. The van der Waals surface area contributed by atoms with Crippen LogP contribution in [0.5, 0.6) is 0 Å². The van der Waals surface area contributed by atoms with E-state index in [1.807, 2.05) is 11.8 Å². The summed E-state index contributed by atoms with van der Waals surface area (Å²) in [6.07, 6.45) is 2.67. The number of rotatable bonds is 2. The van der Waals surface area contributed by atoms with Crippen LogP contribution in [0.15, 0.2) is 29.7 Å². The fourth-order valence-corrected chi connectivity index (χ4v) is 3.01. The van der Waals surface area contributed by atoms with Crippen LogP contribution in [0.2, 0.25) is 0 Å². The molecule has 0 bridgehead atoms. The van der Waals surface area contributed by atoms with E-state index in [1.165, 1.54) is 42.9 Å². The highest BCUT2D eigenvalue weighted by molar-refractivity contribution is 8.02. The second-order valence-corrected chi connectivity index (χ2v) is 5.12. The minimum absolute atomic E-state index is 1.00. The minimum Gasteiger partial charge on any atom is -0.375 e. The summed E-state index contributed by atoms with van der Waals surface area (Å²) in [5.74, 6) is 1.00. The van der Waals surface area contributed by atoms with Gasteiger partial charge in [-0.15, -0.1) is 11.8 Å². The smallest absolute Gasteiger partial charge is 0.0652 e.